The highest BCUT2D eigenvalue weighted by molar-refractivity contribution is 4.81. The van der Waals surface area contributed by atoms with Crippen molar-refractivity contribution in [3.8, 4) is 0 Å². The van der Waals surface area contributed by atoms with Crippen LogP contribution in [0.15, 0.2) is 0 Å². The fraction of sp³-hybridized carbons (Fsp3) is 1.00. The molecule has 2 nitrogen and oxygen atoms in total. The zero-order chi connectivity index (χ0) is 9.94. The second-order valence-corrected chi connectivity index (χ2v) is 4.69. The molecule has 2 N–H and O–H groups in total. The number of hydrogen-bond acceptors (Lipinski definition) is 2. The molecule has 74 valence electrons. The van der Waals surface area contributed by atoms with Crippen molar-refractivity contribution < 1.29 is 10.2 Å². The van der Waals surface area contributed by atoms with Crippen LogP contribution in [0.2, 0.25) is 0 Å². The molecular weight excluding hydrogens is 152 g/mol. The van der Waals surface area contributed by atoms with Gasteiger partial charge in [0.05, 0.1) is 12.2 Å². The Morgan fingerprint density at radius 1 is 1.17 bits per heavy atom. The summed E-state index contributed by atoms with van der Waals surface area (Å²) in [7, 11) is 0. The van der Waals surface area contributed by atoms with E-state index in [1.165, 1.54) is 0 Å². The quantitative estimate of drug-likeness (QED) is 0.685. The molecule has 3 unspecified atom stereocenters. The molecule has 0 aromatic rings. The molecule has 0 aliphatic carbocycles. The van der Waals surface area contributed by atoms with Gasteiger partial charge >= 0.3 is 0 Å². The van der Waals surface area contributed by atoms with Crippen molar-refractivity contribution >= 4 is 0 Å². The summed E-state index contributed by atoms with van der Waals surface area (Å²) in [6.07, 6.45) is -0.337. The Bertz CT molecular complexity index is 126. The first-order valence-corrected chi connectivity index (χ1v) is 4.66. The van der Waals surface area contributed by atoms with Gasteiger partial charge in [-0.15, -0.1) is 0 Å². The summed E-state index contributed by atoms with van der Waals surface area (Å²) in [6, 6.07) is 0. The first kappa shape index (κ1) is 11.9. The van der Waals surface area contributed by atoms with Crippen LogP contribution in [-0.4, -0.2) is 22.4 Å². The van der Waals surface area contributed by atoms with Crippen LogP contribution >= 0.6 is 0 Å². The fourth-order valence-electron chi connectivity index (χ4n) is 1.06. The number of rotatable bonds is 3. The molecule has 3 atom stereocenters. The van der Waals surface area contributed by atoms with E-state index in [0.29, 0.717) is 0 Å². The van der Waals surface area contributed by atoms with E-state index in [1.807, 2.05) is 34.6 Å². The molecule has 0 spiro atoms. The summed E-state index contributed by atoms with van der Waals surface area (Å²) < 4.78 is 0. The number of aliphatic hydroxyl groups excluding tert-OH is 2. The van der Waals surface area contributed by atoms with E-state index in [0.717, 1.165) is 6.42 Å². The maximum atomic E-state index is 9.71. The van der Waals surface area contributed by atoms with Gasteiger partial charge in [-0.1, -0.05) is 41.0 Å². The molecule has 0 radical (unpaired) electrons. The molecule has 0 amide bonds. The van der Waals surface area contributed by atoms with Crippen molar-refractivity contribution in [2.75, 3.05) is 0 Å². The second kappa shape index (κ2) is 4.24. The minimum absolute atomic E-state index is 0.166. The van der Waals surface area contributed by atoms with Gasteiger partial charge < -0.3 is 10.2 Å². The Morgan fingerprint density at radius 2 is 1.58 bits per heavy atom. The average molecular weight is 174 g/mol. The third-order valence-electron chi connectivity index (χ3n) is 2.44. The summed E-state index contributed by atoms with van der Waals surface area (Å²) in [4.78, 5) is 0. The monoisotopic (exact) mass is 174 g/mol. The van der Waals surface area contributed by atoms with Crippen molar-refractivity contribution in [3.63, 3.8) is 0 Å². The van der Waals surface area contributed by atoms with Crippen LogP contribution in [0.4, 0.5) is 0 Å². The van der Waals surface area contributed by atoms with Gasteiger partial charge in [-0.2, -0.15) is 0 Å². The van der Waals surface area contributed by atoms with E-state index in [4.69, 9.17) is 0 Å². The molecule has 0 aromatic carbocycles. The lowest BCUT2D eigenvalue weighted by molar-refractivity contribution is -0.0678. The van der Waals surface area contributed by atoms with E-state index < -0.39 is 12.2 Å². The minimum atomic E-state index is -0.632. The Labute approximate surface area is 75.6 Å². The van der Waals surface area contributed by atoms with E-state index in [2.05, 4.69) is 0 Å². The van der Waals surface area contributed by atoms with Gasteiger partial charge in [-0.3, -0.25) is 0 Å². The first-order chi connectivity index (χ1) is 5.30. The minimum Gasteiger partial charge on any atom is -0.390 e. The first-order valence-electron chi connectivity index (χ1n) is 4.66. The predicted molar refractivity (Wildman–Crippen MR) is 50.9 cm³/mol. The molecule has 12 heavy (non-hydrogen) atoms. The van der Waals surface area contributed by atoms with Gasteiger partial charge in [-0.25, -0.2) is 0 Å². The Morgan fingerprint density at radius 3 is 1.83 bits per heavy atom. The van der Waals surface area contributed by atoms with Crippen LogP contribution in [0.25, 0.3) is 0 Å². The van der Waals surface area contributed by atoms with Crippen molar-refractivity contribution in [1.82, 2.24) is 0 Å². The molecule has 0 aromatic heterocycles. The van der Waals surface area contributed by atoms with E-state index >= 15 is 0 Å². The number of aliphatic hydroxyl groups is 2. The van der Waals surface area contributed by atoms with Crippen molar-refractivity contribution in [2.45, 2.75) is 53.2 Å². The molecule has 0 fully saturated rings. The maximum Gasteiger partial charge on any atom is 0.0849 e. The molecule has 0 saturated carbocycles. The molecule has 0 saturated heterocycles. The Kier molecular flexibility index (Phi) is 4.21. The summed E-state index contributed by atoms with van der Waals surface area (Å²) in [5, 5.41) is 19.4. The topological polar surface area (TPSA) is 40.5 Å². The SMILES string of the molecule is CCC(C)C(O)C(O)C(C)(C)C. The van der Waals surface area contributed by atoms with Crippen LogP contribution in [0.5, 0.6) is 0 Å². The lowest BCUT2D eigenvalue weighted by Gasteiger charge is -2.32. The van der Waals surface area contributed by atoms with Crippen LogP contribution < -0.4 is 0 Å². The third-order valence-corrected chi connectivity index (χ3v) is 2.44. The number of hydrogen-bond donors (Lipinski definition) is 2. The van der Waals surface area contributed by atoms with E-state index in [9.17, 15) is 10.2 Å². The highest BCUT2D eigenvalue weighted by atomic mass is 16.3. The molecule has 0 bridgehead atoms. The standard InChI is InChI=1S/C10H22O2/c1-6-7(2)8(11)9(12)10(3,4)5/h7-9,11-12H,6H2,1-5H3. The predicted octanol–water partition coefficient (Wildman–Crippen LogP) is 1.80. The summed E-state index contributed by atoms with van der Waals surface area (Å²) in [5.74, 6) is 0.166. The molecular formula is C10H22O2. The Balaban J connectivity index is 4.19. The summed E-state index contributed by atoms with van der Waals surface area (Å²) in [6.45, 7) is 9.78. The highest BCUT2D eigenvalue weighted by Gasteiger charge is 2.31. The van der Waals surface area contributed by atoms with Crippen LogP contribution in [0, 0.1) is 11.3 Å². The second-order valence-electron chi connectivity index (χ2n) is 4.69. The van der Waals surface area contributed by atoms with Gasteiger partial charge in [0, 0.05) is 0 Å². The van der Waals surface area contributed by atoms with Crippen LogP contribution in [0.1, 0.15) is 41.0 Å². The molecule has 0 aliphatic rings. The smallest absolute Gasteiger partial charge is 0.0849 e. The lowest BCUT2D eigenvalue weighted by atomic mass is 9.81. The van der Waals surface area contributed by atoms with E-state index in [1.54, 1.807) is 0 Å². The highest BCUT2D eigenvalue weighted by Crippen LogP contribution is 2.25. The molecule has 2 heteroatoms. The van der Waals surface area contributed by atoms with E-state index in [-0.39, 0.29) is 11.3 Å². The fourth-order valence-corrected chi connectivity index (χ4v) is 1.06. The van der Waals surface area contributed by atoms with Gasteiger partial charge in [0.2, 0.25) is 0 Å². The average Bonchev–Trinajstić information content (AvgIpc) is 1.98. The summed E-state index contributed by atoms with van der Waals surface area (Å²) >= 11 is 0. The van der Waals surface area contributed by atoms with Gasteiger partial charge in [0.1, 0.15) is 0 Å². The van der Waals surface area contributed by atoms with Crippen molar-refractivity contribution in [2.24, 2.45) is 11.3 Å². The third kappa shape index (κ3) is 3.11. The van der Waals surface area contributed by atoms with Gasteiger partial charge in [0.25, 0.3) is 0 Å². The van der Waals surface area contributed by atoms with Crippen LogP contribution in [-0.2, 0) is 0 Å². The van der Waals surface area contributed by atoms with Crippen LogP contribution in [0.3, 0.4) is 0 Å². The van der Waals surface area contributed by atoms with Crippen molar-refractivity contribution in [1.29, 1.82) is 0 Å². The summed E-state index contributed by atoms with van der Waals surface area (Å²) in [5.41, 5.74) is -0.233. The zero-order valence-corrected chi connectivity index (χ0v) is 8.83. The normalized spacial score (nSPS) is 20.2. The maximum absolute atomic E-state index is 9.71. The largest absolute Gasteiger partial charge is 0.390 e. The molecule has 0 aliphatic heterocycles. The van der Waals surface area contributed by atoms with Gasteiger partial charge in [0.15, 0.2) is 0 Å². The molecule has 0 heterocycles. The lowest BCUT2D eigenvalue weighted by Crippen LogP contribution is -2.41. The van der Waals surface area contributed by atoms with Gasteiger partial charge in [-0.05, 0) is 11.3 Å². The Hall–Kier alpha value is -0.0800. The zero-order valence-electron chi connectivity index (χ0n) is 8.83. The molecule has 0 rings (SSSR count). The van der Waals surface area contributed by atoms with Crippen molar-refractivity contribution in [3.05, 3.63) is 0 Å².